The molecular formula is C30H14BNS3. The van der Waals surface area contributed by atoms with Crippen molar-refractivity contribution >= 4 is 99.9 Å². The first kappa shape index (κ1) is 18.2. The van der Waals surface area contributed by atoms with Crippen LogP contribution < -0.4 is 16.4 Å². The van der Waals surface area contributed by atoms with Crippen LogP contribution in [0.15, 0.2) is 105 Å². The van der Waals surface area contributed by atoms with E-state index in [-0.39, 0.29) is 0 Å². The average Bonchev–Trinajstić information content (AvgIpc) is 3.44. The van der Waals surface area contributed by atoms with Crippen molar-refractivity contribution in [3.8, 4) is 5.69 Å². The van der Waals surface area contributed by atoms with E-state index in [0.717, 1.165) is 0 Å². The van der Waals surface area contributed by atoms with Crippen molar-refractivity contribution in [2.75, 3.05) is 0 Å². The van der Waals surface area contributed by atoms with Gasteiger partial charge in [0.15, 0.2) is 0 Å². The Morgan fingerprint density at radius 2 is 1.31 bits per heavy atom. The van der Waals surface area contributed by atoms with Crippen molar-refractivity contribution in [1.29, 1.82) is 0 Å². The monoisotopic (exact) mass is 495 g/mol. The van der Waals surface area contributed by atoms with Gasteiger partial charge in [-0.25, -0.2) is 0 Å². The Morgan fingerprint density at radius 1 is 0.571 bits per heavy atom. The van der Waals surface area contributed by atoms with E-state index in [2.05, 4.69) is 89.5 Å². The van der Waals surface area contributed by atoms with Gasteiger partial charge in [-0.05, 0) is 58.9 Å². The number of thiophene rings is 1. The minimum atomic E-state index is 0.323. The second-order valence-electron chi connectivity index (χ2n) is 9.64. The van der Waals surface area contributed by atoms with Gasteiger partial charge in [0.1, 0.15) is 0 Å². The fourth-order valence-electron chi connectivity index (χ4n) is 6.76. The van der Waals surface area contributed by atoms with Crippen LogP contribution in [0.5, 0.6) is 0 Å². The van der Waals surface area contributed by atoms with Crippen LogP contribution >= 0.6 is 34.9 Å². The molecule has 5 heteroatoms. The van der Waals surface area contributed by atoms with E-state index in [1.54, 1.807) is 0 Å². The highest BCUT2D eigenvalue weighted by atomic mass is 32.2. The highest BCUT2D eigenvalue weighted by Gasteiger charge is 2.44. The number of nitrogens with zero attached hydrogens (tertiary/aromatic N) is 1. The second kappa shape index (κ2) is 5.99. The molecule has 0 saturated carbocycles. The molecule has 0 spiro atoms. The number of fused-ring (bicyclic) bond motifs is 8. The molecule has 7 aromatic rings. The molecule has 0 atom stereocenters. The molecule has 0 unspecified atom stereocenters. The third-order valence-electron chi connectivity index (χ3n) is 8.05. The molecular weight excluding hydrogens is 481 g/mol. The van der Waals surface area contributed by atoms with E-state index in [0.29, 0.717) is 6.71 Å². The van der Waals surface area contributed by atoms with E-state index in [9.17, 15) is 0 Å². The lowest BCUT2D eigenvalue weighted by molar-refractivity contribution is 1.16. The Morgan fingerprint density at radius 3 is 2.20 bits per heavy atom. The summed E-state index contributed by atoms with van der Waals surface area (Å²) in [5.74, 6) is 0. The van der Waals surface area contributed by atoms with Gasteiger partial charge in [-0.2, -0.15) is 0 Å². The van der Waals surface area contributed by atoms with Crippen LogP contribution in [0.25, 0.3) is 47.7 Å². The van der Waals surface area contributed by atoms with E-state index >= 15 is 0 Å². The Balaban J connectivity index is 1.48. The summed E-state index contributed by atoms with van der Waals surface area (Å²) in [5, 5.41) is 5.55. The van der Waals surface area contributed by atoms with Gasteiger partial charge >= 0.3 is 0 Å². The van der Waals surface area contributed by atoms with E-state index in [1.165, 1.54) is 83.6 Å². The molecule has 0 fully saturated rings. The summed E-state index contributed by atoms with van der Waals surface area (Å²) in [4.78, 5) is 5.66. The van der Waals surface area contributed by atoms with Crippen LogP contribution in [-0.2, 0) is 0 Å². The first-order chi connectivity index (χ1) is 17.4. The van der Waals surface area contributed by atoms with Gasteiger partial charge in [0, 0.05) is 56.2 Å². The van der Waals surface area contributed by atoms with Crippen LogP contribution in [0.3, 0.4) is 0 Å². The smallest absolute Gasteiger partial charge is 0.252 e. The van der Waals surface area contributed by atoms with E-state index in [4.69, 9.17) is 0 Å². The molecule has 3 aliphatic heterocycles. The molecule has 35 heavy (non-hydrogen) atoms. The zero-order chi connectivity index (χ0) is 22.4. The summed E-state index contributed by atoms with van der Waals surface area (Å²) in [6, 6.07) is 32.1. The van der Waals surface area contributed by atoms with Gasteiger partial charge < -0.3 is 4.57 Å². The second-order valence-corrected chi connectivity index (χ2v) is 12.9. The van der Waals surface area contributed by atoms with Crippen molar-refractivity contribution in [2.45, 2.75) is 19.6 Å². The molecule has 2 aromatic heterocycles. The maximum absolute atomic E-state index is 2.59. The molecule has 3 aliphatic rings. The molecule has 0 amide bonds. The Labute approximate surface area is 213 Å². The van der Waals surface area contributed by atoms with Gasteiger partial charge in [0.25, 0.3) is 6.71 Å². The lowest BCUT2D eigenvalue weighted by Crippen LogP contribution is -2.61. The number of aromatic nitrogens is 1. The molecule has 160 valence electrons. The third-order valence-corrected chi connectivity index (χ3v) is 11.6. The minimum Gasteiger partial charge on any atom is -0.310 e. The first-order valence-corrected chi connectivity index (χ1v) is 14.3. The summed E-state index contributed by atoms with van der Waals surface area (Å²) in [6.07, 6.45) is 0. The SMILES string of the molecule is c1cc2c3c(c1)Sc1ccc4c5c6sc7ccccc7c6ccc5n5c4c1B3c1c(cccc1-5)S2. The van der Waals surface area contributed by atoms with Crippen LogP contribution in [0.2, 0.25) is 0 Å². The number of rotatable bonds is 0. The van der Waals surface area contributed by atoms with Crippen molar-refractivity contribution in [1.82, 2.24) is 4.57 Å². The maximum atomic E-state index is 2.59. The molecule has 0 radical (unpaired) electrons. The van der Waals surface area contributed by atoms with Gasteiger partial charge in [-0.1, -0.05) is 66.0 Å². The van der Waals surface area contributed by atoms with Crippen molar-refractivity contribution < 1.29 is 0 Å². The van der Waals surface area contributed by atoms with Crippen molar-refractivity contribution in [3.05, 3.63) is 84.9 Å². The number of benzene rings is 5. The molecule has 0 bridgehead atoms. The molecule has 5 aromatic carbocycles. The number of hydrogen-bond acceptors (Lipinski definition) is 3. The van der Waals surface area contributed by atoms with Crippen LogP contribution in [0, 0.1) is 0 Å². The summed E-state index contributed by atoms with van der Waals surface area (Å²) >= 11 is 5.84. The molecule has 0 aliphatic carbocycles. The summed E-state index contributed by atoms with van der Waals surface area (Å²) in [5.41, 5.74) is 8.63. The largest absolute Gasteiger partial charge is 0.310 e. The van der Waals surface area contributed by atoms with Crippen LogP contribution in [-0.4, -0.2) is 11.3 Å². The summed E-state index contributed by atoms with van der Waals surface area (Å²) in [6.45, 7) is 0.323. The van der Waals surface area contributed by atoms with Gasteiger partial charge in [0.05, 0.1) is 11.0 Å². The fourth-order valence-corrected chi connectivity index (χ4v) is 10.5. The van der Waals surface area contributed by atoms with Crippen LogP contribution in [0.1, 0.15) is 0 Å². The molecule has 5 heterocycles. The Hall–Kier alpha value is -3.12. The van der Waals surface area contributed by atoms with Gasteiger partial charge in [-0.3, -0.25) is 0 Å². The Kier molecular flexibility index (Phi) is 3.11. The zero-order valence-corrected chi connectivity index (χ0v) is 20.8. The molecule has 10 rings (SSSR count). The normalized spacial score (nSPS) is 14.6. The molecule has 0 saturated heterocycles. The lowest BCUT2D eigenvalue weighted by atomic mass is 9.35. The van der Waals surface area contributed by atoms with Crippen LogP contribution in [0.4, 0.5) is 0 Å². The Bertz CT molecular complexity index is 2120. The highest BCUT2D eigenvalue weighted by Crippen LogP contribution is 2.47. The topological polar surface area (TPSA) is 4.93 Å². The van der Waals surface area contributed by atoms with E-state index in [1.807, 2.05) is 34.9 Å². The first-order valence-electron chi connectivity index (χ1n) is 11.9. The standard InChI is InChI=1S/C30H14BNS3/c1-2-7-20-15(5-1)16-11-13-18-25(30(16)35-20)17-12-14-24-28-29(17)32(18)19-6-3-8-21-26(19)31(28)27-22(33-21)9-4-10-23(27)34-24/h1-14H. The lowest BCUT2D eigenvalue weighted by Gasteiger charge is -2.37. The zero-order valence-electron chi connectivity index (χ0n) is 18.3. The predicted octanol–water partition coefficient (Wildman–Crippen LogP) is 6.91. The average molecular weight is 495 g/mol. The molecule has 0 N–H and O–H groups in total. The quantitative estimate of drug-likeness (QED) is 0.211. The summed E-state index contributed by atoms with van der Waals surface area (Å²) in [7, 11) is 0. The van der Waals surface area contributed by atoms with Crippen molar-refractivity contribution in [2.24, 2.45) is 0 Å². The van der Waals surface area contributed by atoms with E-state index < -0.39 is 0 Å². The highest BCUT2D eigenvalue weighted by molar-refractivity contribution is 8.01. The minimum absolute atomic E-state index is 0.323. The summed E-state index contributed by atoms with van der Waals surface area (Å²) < 4.78 is 5.37. The number of hydrogen-bond donors (Lipinski definition) is 0. The third kappa shape index (κ3) is 1.99. The van der Waals surface area contributed by atoms with Gasteiger partial charge in [-0.15, -0.1) is 11.3 Å². The predicted molar refractivity (Wildman–Crippen MR) is 153 cm³/mol. The molecule has 1 nitrogen and oxygen atoms in total. The van der Waals surface area contributed by atoms with Gasteiger partial charge in [0.2, 0.25) is 0 Å². The maximum Gasteiger partial charge on any atom is 0.252 e. The fraction of sp³-hybridized carbons (Fsp3) is 0. The van der Waals surface area contributed by atoms with Crippen molar-refractivity contribution in [3.63, 3.8) is 0 Å².